The van der Waals surface area contributed by atoms with Crippen LogP contribution in [0.1, 0.15) is 31.0 Å². The van der Waals surface area contributed by atoms with Gasteiger partial charge < -0.3 is 5.32 Å². The van der Waals surface area contributed by atoms with Crippen LogP contribution in [0.4, 0.5) is 0 Å². The zero-order chi connectivity index (χ0) is 11.7. The third-order valence-electron chi connectivity index (χ3n) is 3.23. The summed E-state index contributed by atoms with van der Waals surface area (Å²) in [5, 5.41) is 3.34. The second kappa shape index (κ2) is 4.25. The molecule has 1 aromatic rings. The number of hydrogen-bond acceptors (Lipinski definition) is 3. The van der Waals surface area contributed by atoms with Crippen molar-refractivity contribution in [3.63, 3.8) is 0 Å². The third kappa shape index (κ3) is 1.82. The first-order chi connectivity index (χ1) is 7.61. The summed E-state index contributed by atoms with van der Waals surface area (Å²) in [4.78, 5) is 23.3. The van der Waals surface area contributed by atoms with Crippen LogP contribution < -0.4 is 16.6 Å². The number of nitrogens with one attached hydrogen (secondary N) is 1. The highest BCUT2D eigenvalue weighted by Crippen LogP contribution is 2.20. The summed E-state index contributed by atoms with van der Waals surface area (Å²) in [6.45, 7) is 0.952. The minimum absolute atomic E-state index is 0.139. The molecule has 5 nitrogen and oxygen atoms in total. The molecule has 0 amide bonds. The van der Waals surface area contributed by atoms with E-state index in [1.165, 1.54) is 7.05 Å². The Morgan fingerprint density at radius 1 is 1.25 bits per heavy atom. The van der Waals surface area contributed by atoms with Crippen LogP contribution in [0.5, 0.6) is 0 Å². The highest BCUT2D eigenvalue weighted by Gasteiger charge is 2.18. The maximum Gasteiger partial charge on any atom is 0.330 e. The van der Waals surface area contributed by atoms with Crippen LogP contribution in [0.2, 0.25) is 0 Å². The zero-order valence-corrected chi connectivity index (χ0v) is 9.69. The molecule has 1 unspecified atom stereocenters. The van der Waals surface area contributed by atoms with Crippen LogP contribution in [0.25, 0.3) is 0 Å². The van der Waals surface area contributed by atoms with Crippen LogP contribution in [0.3, 0.4) is 0 Å². The van der Waals surface area contributed by atoms with Gasteiger partial charge in [-0.1, -0.05) is 6.42 Å². The van der Waals surface area contributed by atoms with Crippen LogP contribution in [0, 0.1) is 0 Å². The van der Waals surface area contributed by atoms with Gasteiger partial charge in [-0.25, -0.2) is 4.79 Å². The SMILES string of the molecule is Cn1c(C2CCCCN2)cc(=O)n(C)c1=O. The van der Waals surface area contributed by atoms with Crippen molar-refractivity contribution in [1.82, 2.24) is 14.5 Å². The normalized spacial score (nSPS) is 21.0. The number of nitrogens with zero attached hydrogens (tertiary/aromatic N) is 2. The Hall–Kier alpha value is -1.36. The van der Waals surface area contributed by atoms with E-state index in [0.29, 0.717) is 0 Å². The predicted octanol–water partition coefficient (Wildman–Crippen LogP) is -0.101. The minimum atomic E-state index is -0.255. The summed E-state index contributed by atoms with van der Waals surface area (Å²) < 4.78 is 2.69. The fourth-order valence-electron chi connectivity index (χ4n) is 2.19. The van der Waals surface area contributed by atoms with Crippen molar-refractivity contribution < 1.29 is 0 Å². The van der Waals surface area contributed by atoms with Gasteiger partial charge in [0, 0.05) is 31.9 Å². The molecule has 16 heavy (non-hydrogen) atoms. The summed E-state index contributed by atoms with van der Waals surface area (Å²) >= 11 is 0. The maximum absolute atomic E-state index is 11.8. The summed E-state index contributed by atoms with van der Waals surface area (Å²) in [6.07, 6.45) is 3.29. The molecule has 1 N–H and O–H groups in total. The summed E-state index contributed by atoms with van der Waals surface area (Å²) in [5.41, 5.74) is 0.313. The number of hydrogen-bond donors (Lipinski definition) is 1. The molecule has 0 radical (unpaired) electrons. The van der Waals surface area contributed by atoms with Crippen LogP contribution in [-0.4, -0.2) is 15.7 Å². The molecule has 0 spiro atoms. The molecule has 5 heteroatoms. The Labute approximate surface area is 93.7 Å². The van der Waals surface area contributed by atoms with E-state index < -0.39 is 0 Å². The lowest BCUT2D eigenvalue weighted by Crippen LogP contribution is -2.41. The van der Waals surface area contributed by atoms with E-state index in [-0.39, 0.29) is 17.3 Å². The molecule has 1 aliphatic rings. The number of aromatic nitrogens is 2. The van der Waals surface area contributed by atoms with Crippen molar-refractivity contribution in [3.8, 4) is 0 Å². The molecule has 0 bridgehead atoms. The Balaban J connectivity index is 2.48. The molecule has 1 atom stereocenters. The molecule has 1 saturated heterocycles. The number of piperidine rings is 1. The minimum Gasteiger partial charge on any atom is -0.309 e. The first-order valence-electron chi connectivity index (χ1n) is 5.61. The van der Waals surface area contributed by atoms with Crippen molar-refractivity contribution in [2.24, 2.45) is 14.1 Å². The highest BCUT2D eigenvalue weighted by atomic mass is 16.2. The molecule has 0 saturated carbocycles. The van der Waals surface area contributed by atoms with Gasteiger partial charge in [0.1, 0.15) is 0 Å². The molecular weight excluding hydrogens is 206 g/mol. The van der Waals surface area contributed by atoms with Gasteiger partial charge in [-0.15, -0.1) is 0 Å². The summed E-state index contributed by atoms with van der Waals surface area (Å²) in [7, 11) is 3.22. The highest BCUT2D eigenvalue weighted by molar-refractivity contribution is 5.08. The average Bonchev–Trinajstić information content (AvgIpc) is 2.32. The van der Waals surface area contributed by atoms with E-state index in [1.807, 2.05) is 0 Å². The Kier molecular flexibility index (Phi) is 2.96. The summed E-state index contributed by atoms with van der Waals surface area (Å²) in [5.74, 6) is 0. The average molecular weight is 223 g/mol. The molecule has 88 valence electrons. The van der Waals surface area contributed by atoms with Crippen LogP contribution in [-0.2, 0) is 14.1 Å². The van der Waals surface area contributed by atoms with Gasteiger partial charge in [0.25, 0.3) is 5.56 Å². The van der Waals surface area contributed by atoms with Crippen molar-refractivity contribution in [1.29, 1.82) is 0 Å². The molecular formula is C11H17N3O2. The van der Waals surface area contributed by atoms with Gasteiger partial charge in [0.05, 0.1) is 0 Å². The third-order valence-corrected chi connectivity index (χ3v) is 3.23. The summed E-state index contributed by atoms with van der Waals surface area (Å²) in [6, 6.07) is 1.70. The first kappa shape index (κ1) is 11.1. The zero-order valence-electron chi connectivity index (χ0n) is 9.69. The second-order valence-electron chi connectivity index (χ2n) is 4.31. The fourth-order valence-corrected chi connectivity index (χ4v) is 2.19. The number of rotatable bonds is 1. The molecule has 1 fully saturated rings. The van der Waals surface area contributed by atoms with Crippen molar-refractivity contribution in [2.45, 2.75) is 25.3 Å². The van der Waals surface area contributed by atoms with E-state index in [4.69, 9.17) is 0 Å². The Morgan fingerprint density at radius 3 is 2.62 bits per heavy atom. The lowest BCUT2D eigenvalue weighted by atomic mass is 10.0. The van der Waals surface area contributed by atoms with E-state index in [2.05, 4.69) is 5.32 Å². The van der Waals surface area contributed by atoms with Crippen molar-refractivity contribution in [2.75, 3.05) is 6.54 Å². The monoisotopic (exact) mass is 223 g/mol. The fraction of sp³-hybridized carbons (Fsp3) is 0.636. The smallest absolute Gasteiger partial charge is 0.309 e. The molecule has 2 heterocycles. The predicted molar refractivity (Wildman–Crippen MR) is 61.5 cm³/mol. The van der Waals surface area contributed by atoms with Gasteiger partial charge in [-0.2, -0.15) is 0 Å². The van der Waals surface area contributed by atoms with Gasteiger partial charge in [-0.05, 0) is 19.4 Å². The molecule has 0 aromatic carbocycles. The first-order valence-corrected chi connectivity index (χ1v) is 5.61. The van der Waals surface area contributed by atoms with Crippen molar-refractivity contribution >= 4 is 0 Å². The quantitative estimate of drug-likeness (QED) is 0.723. The molecule has 1 aromatic heterocycles. The standard InChI is InChI=1S/C11H17N3O2/c1-13-9(8-5-3-4-6-12-8)7-10(15)14(2)11(13)16/h7-8,12H,3-6H2,1-2H3. The van der Waals surface area contributed by atoms with Gasteiger partial charge in [0.15, 0.2) is 0 Å². The van der Waals surface area contributed by atoms with E-state index in [9.17, 15) is 9.59 Å². The van der Waals surface area contributed by atoms with E-state index in [1.54, 1.807) is 17.7 Å². The largest absolute Gasteiger partial charge is 0.330 e. The second-order valence-corrected chi connectivity index (χ2v) is 4.31. The van der Waals surface area contributed by atoms with E-state index >= 15 is 0 Å². The van der Waals surface area contributed by atoms with E-state index in [0.717, 1.165) is 36.1 Å². The van der Waals surface area contributed by atoms with Crippen molar-refractivity contribution in [3.05, 3.63) is 32.6 Å². The molecule has 2 rings (SSSR count). The Bertz CT molecular complexity index is 495. The van der Waals surface area contributed by atoms with Crippen LogP contribution in [0.15, 0.2) is 15.7 Å². The van der Waals surface area contributed by atoms with Gasteiger partial charge >= 0.3 is 5.69 Å². The molecule has 0 aliphatic carbocycles. The topological polar surface area (TPSA) is 56.0 Å². The van der Waals surface area contributed by atoms with Crippen LogP contribution >= 0.6 is 0 Å². The molecule has 1 aliphatic heterocycles. The maximum atomic E-state index is 11.8. The Morgan fingerprint density at radius 2 is 2.00 bits per heavy atom. The van der Waals surface area contributed by atoms with Gasteiger partial charge in [0.2, 0.25) is 0 Å². The van der Waals surface area contributed by atoms with Gasteiger partial charge in [-0.3, -0.25) is 13.9 Å². The lowest BCUT2D eigenvalue weighted by molar-refractivity contribution is 0.391. The lowest BCUT2D eigenvalue weighted by Gasteiger charge is -2.25.